The Balaban J connectivity index is 2.27. The van der Waals surface area contributed by atoms with Gasteiger partial charge in [0.05, 0.1) is 5.41 Å². The van der Waals surface area contributed by atoms with Gasteiger partial charge in [-0.1, -0.05) is 18.2 Å². The van der Waals surface area contributed by atoms with E-state index in [1.54, 1.807) is 26.0 Å². The largest absolute Gasteiger partial charge is 0.382 e. The van der Waals surface area contributed by atoms with Crippen LogP contribution in [0.4, 0.5) is 0 Å². The Bertz CT molecular complexity index is 581. The molecular weight excluding hydrogens is 256 g/mol. The molecule has 4 aliphatic rings. The first-order chi connectivity index (χ1) is 9.04. The number of hydrogen-bond donors (Lipinski definition) is 2. The van der Waals surface area contributed by atoms with Crippen molar-refractivity contribution in [2.75, 3.05) is 0 Å². The van der Waals surface area contributed by atoms with Gasteiger partial charge in [-0.25, -0.2) is 0 Å². The average molecular weight is 276 g/mol. The molecule has 1 fully saturated rings. The predicted octanol–water partition coefficient (Wildman–Crippen LogP) is 1.02. The highest BCUT2D eigenvalue weighted by molar-refractivity contribution is 6.04. The van der Waals surface area contributed by atoms with Crippen molar-refractivity contribution >= 4 is 11.6 Å². The molecule has 4 rings (SSSR count). The lowest BCUT2D eigenvalue weighted by Crippen LogP contribution is -2.69. The maximum absolute atomic E-state index is 12.6. The van der Waals surface area contributed by atoms with Crippen molar-refractivity contribution in [3.8, 4) is 0 Å². The highest BCUT2D eigenvalue weighted by Gasteiger charge is 2.67. The molecular formula is C16H20O4. The van der Waals surface area contributed by atoms with Crippen LogP contribution in [0, 0.1) is 23.2 Å². The minimum absolute atomic E-state index is 0.229. The van der Waals surface area contributed by atoms with E-state index in [1.165, 1.54) is 13.8 Å². The Morgan fingerprint density at radius 3 is 2.25 bits per heavy atom. The van der Waals surface area contributed by atoms with E-state index in [0.29, 0.717) is 5.57 Å². The van der Waals surface area contributed by atoms with Crippen LogP contribution >= 0.6 is 0 Å². The fourth-order valence-corrected chi connectivity index (χ4v) is 4.46. The van der Waals surface area contributed by atoms with Crippen LogP contribution in [0.3, 0.4) is 0 Å². The molecule has 4 heteroatoms. The maximum atomic E-state index is 12.6. The third-order valence-corrected chi connectivity index (χ3v) is 5.61. The van der Waals surface area contributed by atoms with E-state index in [1.807, 2.05) is 6.08 Å². The topological polar surface area (TPSA) is 74.6 Å². The smallest absolute Gasteiger partial charge is 0.189 e. The van der Waals surface area contributed by atoms with Gasteiger partial charge in [0.15, 0.2) is 11.6 Å². The minimum Gasteiger partial charge on any atom is -0.382 e. The van der Waals surface area contributed by atoms with Gasteiger partial charge in [-0.3, -0.25) is 9.59 Å². The summed E-state index contributed by atoms with van der Waals surface area (Å²) in [6.45, 7) is 6.44. The summed E-state index contributed by atoms with van der Waals surface area (Å²) < 4.78 is 0. The summed E-state index contributed by atoms with van der Waals surface area (Å²) in [5.41, 5.74) is -3.46. The summed E-state index contributed by atoms with van der Waals surface area (Å²) in [5, 5.41) is 21.3. The Labute approximate surface area is 118 Å². The summed E-state index contributed by atoms with van der Waals surface area (Å²) in [6.07, 6.45) is 5.42. The number of Topliss-reactive ketones (excluding diaryl/α,β-unsaturated/α-hetero) is 2. The Morgan fingerprint density at radius 2 is 1.65 bits per heavy atom. The molecule has 4 aliphatic carbocycles. The summed E-state index contributed by atoms with van der Waals surface area (Å²) in [6, 6.07) is 0. The molecule has 2 N–H and O–H groups in total. The number of carbonyl (C=O) groups is 2. The lowest BCUT2D eigenvalue weighted by Gasteiger charge is -2.59. The number of rotatable bonds is 0. The van der Waals surface area contributed by atoms with E-state index in [4.69, 9.17) is 0 Å². The van der Waals surface area contributed by atoms with Crippen LogP contribution < -0.4 is 0 Å². The molecule has 2 bridgehead atoms. The van der Waals surface area contributed by atoms with Gasteiger partial charge in [0.2, 0.25) is 0 Å². The zero-order valence-electron chi connectivity index (χ0n) is 12.2. The molecule has 0 aromatic carbocycles. The number of ketones is 2. The molecule has 6 atom stereocenters. The summed E-state index contributed by atoms with van der Waals surface area (Å²) in [5.74, 6) is -1.80. The molecule has 108 valence electrons. The molecule has 20 heavy (non-hydrogen) atoms. The van der Waals surface area contributed by atoms with Crippen molar-refractivity contribution in [1.29, 1.82) is 0 Å². The summed E-state index contributed by atoms with van der Waals surface area (Å²) in [4.78, 5) is 24.9. The number of aliphatic hydroxyl groups is 2. The normalized spacial score (nSPS) is 53.9. The SMILES string of the molecule is CC1=C[C@H]2[C@H]([C@H]3C=C[C@]2(C)C(=O)[C@@]3(C)O)[C@](C)(O)C1=O. The second-order valence-electron chi connectivity index (χ2n) is 7.02. The van der Waals surface area contributed by atoms with Crippen molar-refractivity contribution in [2.24, 2.45) is 23.2 Å². The van der Waals surface area contributed by atoms with Crippen molar-refractivity contribution in [3.05, 3.63) is 23.8 Å². The van der Waals surface area contributed by atoms with Crippen LogP contribution in [-0.4, -0.2) is 33.0 Å². The quantitative estimate of drug-likeness (QED) is 0.648. The minimum atomic E-state index is -1.55. The van der Waals surface area contributed by atoms with E-state index in [0.717, 1.165) is 0 Å². The van der Waals surface area contributed by atoms with Gasteiger partial charge in [0, 0.05) is 17.8 Å². The highest BCUT2D eigenvalue weighted by Crippen LogP contribution is 2.59. The molecule has 4 nitrogen and oxygen atoms in total. The van der Waals surface area contributed by atoms with Crippen LogP contribution in [0.25, 0.3) is 0 Å². The molecule has 0 aromatic rings. The first-order valence-electron chi connectivity index (χ1n) is 6.97. The molecule has 0 saturated heterocycles. The van der Waals surface area contributed by atoms with Crippen LogP contribution in [0.15, 0.2) is 23.8 Å². The van der Waals surface area contributed by atoms with Crippen molar-refractivity contribution in [1.82, 2.24) is 0 Å². The van der Waals surface area contributed by atoms with Crippen LogP contribution in [0.5, 0.6) is 0 Å². The predicted molar refractivity (Wildman–Crippen MR) is 72.7 cm³/mol. The van der Waals surface area contributed by atoms with E-state index in [2.05, 4.69) is 0 Å². The third-order valence-electron chi connectivity index (χ3n) is 5.61. The lowest BCUT2D eigenvalue weighted by atomic mass is 9.44. The monoisotopic (exact) mass is 276 g/mol. The van der Waals surface area contributed by atoms with E-state index >= 15 is 0 Å². The lowest BCUT2D eigenvalue weighted by molar-refractivity contribution is -0.185. The van der Waals surface area contributed by atoms with Crippen LogP contribution in [0.1, 0.15) is 27.7 Å². The van der Waals surface area contributed by atoms with Gasteiger partial charge in [-0.15, -0.1) is 0 Å². The maximum Gasteiger partial charge on any atom is 0.189 e. The fraction of sp³-hybridized carbons (Fsp3) is 0.625. The number of carbonyl (C=O) groups excluding carboxylic acids is 2. The van der Waals surface area contributed by atoms with E-state index in [9.17, 15) is 19.8 Å². The number of hydrogen-bond acceptors (Lipinski definition) is 4. The number of fused-ring (bicyclic) bond motifs is 1. The molecule has 0 aliphatic heterocycles. The zero-order chi connectivity index (χ0) is 15.1. The fourth-order valence-electron chi connectivity index (χ4n) is 4.46. The van der Waals surface area contributed by atoms with Crippen molar-refractivity contribution in [3.63, 3.8) is 0 Å². The molecule has 0 amide bonds. The van der Waals surface area contributed by atoms with Crippen LogP contribution in [0.2, 0.25) is 0 Å². The van der Waals surface area contributed by atoms with Gasteiger partial charge in [0.25, 0.3) is 0 Å². The molecule has 1 saturated carbocycles. The molecule has 0 radical (unpaired) electrons. The first kappa shape index (κ1) is 13.7. The first-order valence-corrected chi connectivity index (χ1v) is 6.97. The molecule has 0 unspecified atom stereocenters. The van der Waals surface area contributed by atoms with Crippen molar-refractivity contribution in [2.45, 2.75) is 38.9 Å². The van der Waals surface area contributed by atoms with Gasteiger partial charge in [-0.2, -0.15) is 0 Å². The second kappa shape index (κ2) is 3.49. The molecule has 0 heterocycles. The van der Waals surface area contributed by atoms with Gasteiger partial charge in [0.1, 0.15) is 11.2 Å². The van der Waals surface area contributed by atoms with E-state index < -0.39 is 28.5 Å². The van der Waals surface area contributed by atoms with E-state index in [-0.39, 0.29) is 17.5 Å². The van der Waals surface area contributed by atoms with Crippen LogP contribution in [-0.2, 0) is 9.59 Å². The van der Waals surface area contributed by atoms with Gasteiger partial charge in [-0.05, 0) is 33.3 Å². The Kier molecular flexibility index (Phi) is 2.39. The molecule has 0 spiro atoms. The Hall–Kier alpha value is -1.26. The molecule has 0 aromatic heterocycles. The second-order valence-corrected chi connectivity index (χ2v) is 7.02. The Morgan fingerprint density at radius 1 is 1.05 bits per heavy atom. The zero-order valence-corrected chi connectivity index (χ0v) is 12.2. The van der Waals surface area contributed by atoms with Gasteiger partial charge >= 0.3 is 0 Å². The standard InChI is InChI=1S/C16H20O4/c1-8-7-10-11(16(4,20)12(8)17)9-5-6-14(10,2)13(18)15(9,3)19/h5-7,9-11,19-20H,1-4H3/t9-,10+,11+,14+,15+,16+/m1/s1. The van der Waals surface area contributed by atoms with Gasteiger partial charge < -0.3 is 10.2 Å². The summed E-state index contributed by atoms with van der Waals surface area (Å²) in [7, 11) is 0. The summed E-state index contributed by atoms with van der Waals surface area (Å²) >= 11 is 0. The average Bonchev–Trinajstić information content (AvgIpc) is 2.35. The third kappa shape index (κ3) is 1.29. The van der Waals surface area contributed by atoms with Crippen molar-refractivity contribution < 1.29 is 19.8 Å². The number of allylic oxidation sites excluding steroid dienone is 2. The highest BCUT2D eigenvalue weighted by atomic mass is 16.3.